The molecule has 0 aromatic carbocycles. The molecule has 27 heavy (non-hydrogen) atoms. The molecule has 3 aromatic heterocycles. The topological polar surface area (TPSA) is 79.1 Å². The maximum Gasteiger partial charge on any atom is 0.357 e. The van der Waals surface area contributed by atoms with E-state index in [9.17, 15) is 13.6 Å². The van der Waals surface area contributed by atoms with Crippen LogP contribution in [0.5, 0.6) is 5.88 Å². The second-order valence-corrected chi connectivity index (χ2v) is 5.81. The molecule has 0 N–H and O–H groups in total. The fourth-order valence-electron chi connectivity index (χ4n) is 2.62. The van der Waals surface area contributed by atoms with Crippen LogP contribution in [0.15, 0.2) is 30.7 Å². The second kappa shape index (κ2) is 8.07. The number of rotatable bonds is 7. The summed E-state index contributed by atoms with van der Waals surface area (Å²) in [6.07, 6.45) is 2.22. The van der Waals surface area contributed by atoms with Crippen LogP contribution in [-0.2, 0) is 11.3 Å². The van der Waals surface area contributed by atoms with Gasteiger partial charge in [0.15, 0.2) is 12.3 Å². The second-order valence-electron chi connectivity index (χ2n) is 5.81. The fourth-order valence-corrected chi connectivity index (χ4v) is 2.62. The number of ether oxygens (including phenoxy) is 2. The number of hydrogen-bond donors (Lipinski definition) is 0. The van der Waals surface area contributed by atoms with Gasteiger partial charge >= 0.3 is 5.97 Å². The number of alkyl halides is 2. The number of carbonyl (C=O) groups excluding carboxylic acids is 1. The molecule has 3 aromatic rings. The largest absolute Gasteiger partial charge is 0.471 e. The van der Waals surface area contributed by atoms with Crippen molar-refractivity contribution >= 4 is 16.9 Å². The molecule has 0 atom stereocenters. The number of aromatic nitrogens is 4. The van der Waals surface area contributed by atoms with Gasteiger partial charge in [0.25, 0.3) is 6.43 Å². The molecular weight excluding hydrogens is 358 g/mol. The molecule has 0 amide bonds. The van der Waals surface area contributed by atoms with E-state index in [0.29, 0.717) is 23.0 Å². The lowest BCUT2D eigenvalue weighted by atomic mass is 10.2. The van der Waals surface area contributed by atoms with Gasteiger partial charge in [-0.3, -0.25) is 4.68 Å². The Hall–Kier alpha value is -3.10. The first-order chi connectivity index (χ1) is 13.0. The molecular formula is C18H18F2N4O3. The van der Waals surface area contributed by atoms with E-state index in [2.05, 4.69) is 15.1 Å². The molecule has 0 spiro atoms. The third-order valence-corrected chi connectivity index (χ3v) is 3.73. The van der Waals surface area contributed by atoms with Gasteiger partial charge in [-0.1, -0.05) is 0 Å². The molecule has 142 valence electrons. The van der Waals surface area contributed by atoms with Crippen molar-refractivity contribution < 1.29 is 23.0 Å². The maximum absolute atomic E-state index is 12.3. The minimum absolute atomic E-state index is 0.179. The zero-order valence-corrected chi connectivity index (χ0v) is 14.9. The SMILES string of the molecule is CCOC(=O)c1nccc2nn(Cc3cnc(OCC(F)F)c(C)c3)cc12. The summed E-state index contributed by atoms with van der Waals surface area (Å²) < 4.78 is 36.2. The molecule has 0 radical (unpaired) electrons. The maximum atomic E-state index is 12.3. The molecule has 0 aliphatic carbocycles. The van der Waals surface area contributed by atoms with Gasteiger partial charge in [0.05, 0.1) is 24.1 Å². The highest BCUT2D eigenvalue weighted by Gasteiger charge is 2.15. The van der Waals surface area contributed by atoms with Gasteiger partial charge in [-0.05, 0) is 31.5 Å². The summed E-state index contributed by atoms with van der Waals surface area (Å²) in [4.78, 5) is 20.2. The van der Waals surface area contributed by atoms with Crippen LogP contribution in [0.25, 0.3) is 10.9 Å². The summed E-state index contributed by atoms with van der Waals surface area (Å²) in [5, 5.41) is 5.03. The van der Waals surface area contributed by atoms with Crippen LogP contribution in [0, 0.1) is 6.92 Å². The monoisotopic (exact) mass is 376 g/mol. The van der Waals surface area contributed by atoms with Gasteiger partial charge in [0, 0.05) is 24.2 Å². The number of esters is 1. The van der Waals surface area contributed by atoms with E-state index >= 15 is 0 Å². The third kappa shape index (κ3) is 4.36. The summed E-state index contributed by atoms with van der Waals surface area (Å²) >= 11 is 0. The van der Waals surface area contributed by atoms with Gasteiger partial charge < -0.3 is 9.47 Å². The number of pyridine rings is 2. The van der Waals surface area contributed by atoms with Crippen LogP contribution in [0.1, 0.15) is 28.5 Å². The number of nitrogens with zero attached hydrogens (tertiary/aromatic N) is 4. The average Bonchev–Trinajstić information content (AvgIpc) is 3.03. The lowest BCUT2D eigenvalue weighted by Crippen LogP contribution is -2.09. The van der Waals surface area contributed by atoms with Gasteiger partial charge in [-0.2, -0.15) is 5.10 Å². The normalized spacial score (nSPS) is 11.1. The predicted octanol–water partition coefficient (Wildman–Crippen LogP) is 3.00. The quantitative estimate of drug-likeness (QED) is 0.590. The molecule has 0 aliphatic heterocycles. The number of carbonyl (C=O) groups is 1. The van der Waals surface area contributed by atoms with Gasteiger partial charge in [-0.25, -0.2) is 23.5 Å². The van der Waals surface area contributed by atoms with Gasteiger partial charge in [-0.15, -0.1) is 0 Å². The zero-order chi connectivity index (χ0) is 19.4. The van der Waals surface area contributed by atoms with E-state index in [0.717, 1.165) is 5.56 Å². The van der Waals surface area contributed by atoms with Crippen molar-refractivity contribution in [3.05, 3.63) is 47.5 Å². The van der Waals surface area contributed by atoms with Crippen LogP contribution in [0.3, 0.4) is 0 Å². The molecule has 0 aliphatic rings. The summed E-state index contributed by atoms with van der Waals surface area (Å²) in [5.41, 5.74) is 2.30. The van der Waals surface area contributed by atoms with E-state index in [1.54, 1.807) is 43.1 Å². The molecule has 7 nitrogen and oxygen atoms in total. The Bertz CT molecular complexity index is 959. The minimum atomic E-state index is -2.55. The summed E-state index contributed by atoms with van der Waals surface area (Å²) in [6.45, 7) is 3.42. The number of fused-ring (bicyclic) bond motifs is 1. The Morgan fingerprint density at radius 1 is 1.33 bits per heavy atom. The first-order valence-corrected chi connectivity index (χ1v) is 8.33. The van der Waals surface area contributed by atoms with Crippen molar-refractivity contribution in [2.45, 2.75) is 26.8 Å². The highest BCUT2D eigenvalue weighted by molar-refractivity contribution is 6.01. The van der Waals surface area contributed by atoms with Crippen molar-refractivity contribution in [3.8, 4) is 5.88 Å². The molecule has 3 rings (SSSR count). The smallest absolute Gasteiger partial charge is 0.357 e. The Labute approximate surface area is 153 Å². The highest BCUT2D eigenvalue weighted by atomic mass is 19.3. The van der Waals surface area contributed by atoms with Crippen LogP contribution in [-0.4, -0.2) is 45.4 Å². The van der Waals surface area contributed by atoms with Crippen molar-refractivity contribution in [2.24, 2.45) is 0 Å². The van der Waals surface area contributed by atoms with E-state index < -0.39 is 19.0 Å². The molecule has 0 unspecified atom stereocenters. The van der Waals surface area contributed by atoms with Crippen molar-refractivity contribution in [2.75, 3.05) is 13.2 Å². The van der Waals surface area contributed by atoms with Gasteiger partial charge in [0.1, 0.15) is 0 Å². The molecule has 0 saturated heterocycles. The fraction of sp³-hybridized carbons (Fsp3) is 0.333. The average molecular weight is 376 g/mol. The first kappa shape index (κ1) is 18.7. The minimum Gasteiger partial charge on any atom is -0.471 e. The first-order valence-electron chi connectivity index (χ1n) is 8.33. The Kier molecular flexibility index (Phi) is 5.58. The Balaban J connectivity index is 1.81. The number of hydrogen-bond acceptors (Lipinski definition) is 6. The molecule has 0 bridgehead atoms. The lowest BCUT2D eigenvalue weighted by molar-refractivity contribution is 0.0522. The summed E-state index contributed by atoms with van der Waals surface area (Å²) in [7, 11) is 0. The Morgan fingerprint density at radius 3 is 2.85 bits per heavy atom. The van der Waals surface area contributed by atoms with Crippen molar-refractivity contribution in [1.82, 2.24) is 19.7 Å². The zero-order valence-electron chi connectivity index (χ0n) is 14.9. The predicted molar refractivity (Wildman–Crippen MR) is 93.1 cm³/mol. The number of halogens is 2. The van der Waals surface area contributed by atoms with Crippen LogP contribution < -0.4 is 4.74 Å². The van der Waals surface area contributed by atoms with E-state index in [1.165, 1.54) is 6.20 Å². The molecule has 3 heterocycles. The Morgan fingerprint density at radius 2 is 2.15 bits per heavy atom. The highest BCUT2D eigenvalue weighted by Crippen LogP contribution is 2.19. The number of aryl methyl sites for hydroxylation is 1. The molecule has 0 saturated carbocycles. The summed E-state index contributed by atoms with van der Waals surface area (Å²) in [6, 6.07) is 3.50. The van der Waals surface area contributed by atoms with Crippen molar-refractivity contribution in [1.29, 1.82) is 0 Å². The third-order valence-electron chi connectivity index (χ3n) is 3.73. The standard InChI is InChI=1S/C18H18F2N4O3/c1-3-26-18(25)16-13-9-24(23-14(13)4-5-21-16)8-12-6-11(2)17(22-7-12)27-10-15(19)20/h4-7,9,15H,3,8,10H2,1-2H3. The molecule has 0 fully saturated rings. The van der Waals surface area contributed by atoms with E-state index in [4.69, 9.17) is 9.47 Å². The lowest BCUT2D eigenvalue weighted by Gasteiger charge is -2.09. The molecule has 9 heteroatoms. The van der Waals surface area contributed by atoms with E-state index in [1.807, 2.05) is 0 Å². The van der Waals surface area contributed by atoms with Crippen LogP contribution in [0.2, 0.25) is 0 Å². The van der Waals surface area contributed by atoms with E-state index in [-0.39, 0.29) is 18.2 Å². The van der Waals surface area contributed by atoms with Crippen LogP contribution >= 0.6 is 0 Å². The summed E-state index contributed by atoms with van der Waals surface area (Å²) in [5.74, 6) is -0.320. The van der Waals surface area contributed by atoms with Gasteiger partial charge in [0.2, 0.25) is 5.88 Å². The van der Waals surface area contributed by atoms with Crippen molar-refractivity contribution in [3.63, 3.8) is 0 Å². The van der Waals surface area contributed by atoms with Crippen LogP contribution in [0.4, 0.5) is 8.78 Å².